The number of hydrogen-bond acceptors (Lipinski definition) is 16. The molecule has 26 nitrogen and oxygen atoms in total. The summed E-state index contributed by atoms with van der Waals surface area (Å²) in [6.45, 7) is 3.23. The SMILES string of the molecule is NC(=O)C[NH+](CCCl)CC[NH+](CCCl)CC(N)=O.O=[N+]([O-])c1cc([N+](=O)[O-])c([O-])c([N+](=O)[O-])c1.O=[N+]([O-])c1cc([N+](=O)[O-])c([O-])c([N+](=O)[O-])c1. The van der Waals surface area contributed by atoms with Crippen LogP contribution in [0, 0.1) is 60.7 Å². The Morgan fingerprint density at radius 2 is 0.760 bits per heavy atom. The van der Waals surface area contributed by atoms with Crippen LogP contribution in [0.5, 0.6) is 11.5 Å². The smallest absolute Gasteiger partial charge is 0.283 e. The highest BCUT2D eigenvalue weighted by molar-refractivity contribution is 6.18. The number of benzene rings is 2. The molecule has 2 amide bonds. The van der Waals surface area contributed by atoms with E-state index in [2.05, 4.69) is 0 Å². The van der Waals surface area contributed by atoms with Crippen molar-refractivity contribution < 1.29 is 59.1 Å². The maximum absolute atomic E-state index is 11.1. The molecule has 2 aromatic carbocycles. The van der Waals surface area contributed by atoms with Gasteiger partial charge in [0.1, 0.15) is 13.1 Å². The molecule has 0 aromatic heterocycles. The Morgan fingerprint density at radius 1 is 0.520 bits per heavy atom. The van der Waals surface area contributed by atoms with Crippen LogP contribution in [0.25, 0.3) is 0 Å². The molecule has 2 aromatic rings. The van der Waals surface area contributed by atoms with E-state index in [-0.39, 0.29) is 24.9 Å². The summed E-state index contributed by atoms with van der Waals surface area (Å²) in [5.41, 5.74) is 3.80. The fraction of sp³-hybridized carbons (Fsp3) is 0.364. The van der Waals surface area contributed by atoms with E-state index in [0.29, 0.717) is 62.2 Å². The molecule has 0 heterocycles. The van der Waals surface area contributed by atoms with Crippen LogP contribution in [0.3, 0.4) is 0 Å². The highest BCUT2D eigenvalue weighted by Gasteiger charge is 2.25. The van der Waals surface area contributed by atoms with E-state index in [1.54, 1.807) is 0 Å². The Bertz CT molecular complexity index is 1440. The summed E-state index contributed by atoms with van der Waals surface area (Å²) in [4.78, 5) is 78.8. The fourth-order valence-electron chi connectivity index (χ4n) is 3.64. The molecular formula is C22H26Cl2N10O16. The number of halogens is 2. The molecule has 0 bridgehead atoms. The molecule has 0 fully saturated rings. The number of amides is 2. The van der Waals surface area contributed by atoms with Crippen LogP contribution in [-0.2, 0) is 9.59 Å². The van der Waals surface area contributed by atoms with Crippen LogP contribution < -0.4 is 31.5 Å². The van der Waals surface area contributed by atoms with Gasteiger partial charge in [-0.3, -0.25) is 70.3 Å². The standard InChI is InChI=1S/C10H20Cl2N4O2.2C6H3N3O7/c11-1-3-15(7-9(13)17)5-6-16(4-2-12)8-10(14)18;2*10-6-4(8(13)14)1-3(7(11)12)2-5(6)9(15)16/h1-8H2,(H2,13,17)(H2,14,18);2*1-2,10H. The van der Waals surface area contributed by atoms with Gasteiger partial charge in [-0.2, -0.15) is 0 Å². The monoisotopic (exact) mass is 756 g/mol. The van der Waals surface area contributed by atoms with Gasteiger partial charge in [-0.15, -0.1) is 23.2 Å². The first-order valence-electron chi connectivity index (χ1n) is 13.1. The Balaban J connectivity index is 0.000000721. The van der Waals surface area contributed by atoms with Crippen molar-refractivity contribution in [3.63, 3.8) is 0 Å². The van der Waals surface area contributed by atoms with Gasteiger partial charge < -0.3 is 31.5 Å². The number of primary amides is 2. The Labute approximate surface area is 287 Å². The number of carbonyl (C=O) groups excluding carboxylic acids is 2. The van der Waals surface area contributed by atoms with Gasteiger partial charge in [0.05, 0.1) is 90.2 Å². The number of nitro groups is 6. The molecule has 2 atom stereocenters. The lowest BCUT2D eigenvalue weighted by Crippen LogP contribution is -3.21. The molecule has 0 radical (unpaired) electrons. The van der Waals surface area contributed by atoms with Crippen LogP contribution in [0.4, 0.5) is 34.1 Å². The summed E-state index contributed by atoms with van der Waals surface area (Å²) in [5, 5.41) is 84.2. The second kappa shape index (κ2) is 21.0. The predicted molar refractivity (Wildman–Crippen MR) is 163 cm³/mol. The Kier molecular flexibility index (Phi) is 18.4. The molecule has 28 heteroatoms. The fourth-order valence-corrected chi connectivity index (χ4v) is 4.17. The lowest BCUT2D eigenvalue weighted by atomic mass is 10.2. The number of rotatable bonds is 17. The molecule has 6 N–H and O–H groups in total. The molecule has 0 spiro atoms. The van der Waals surface area contributed by atoms with Crippen molar-refractivity contribution in [2.75, 3.05) is 51.0 Å². The quantitative estimate of drug-likeness (QED) is 0.0718. The third kappa shape index (κ3) is 14.8. The molecule has 2 rings (SSSR count). The first kappa shape index (κ1) is 43.9. The minimum atomic E-state index is -1.46. The predicted octanol–water partition coefficient (Wildman–Crippen LogP) is -2.83. The lowest BCUT2D eigenvalue weighted by molar-refractivity contribution is -0.947. The van der Waals surface area contributed by atoms with E-state index in [1.165, 1.54) is 0 Å². The van der Waals surface area contributed by atoms with Gasteiger partial charge in [0.15, 0.2) is 13.1 Å². The number of nitrogens with two attached hydrogens (primary N) is 2. The summed E-state index contributed by atoms with van der Waals surface area (Å²) in [6, 6.07) is 1.54. The zero-order valence-corrected chi connectivity index (χ0v) is 26.6. The third-order valence-electron chi connectivity index (χ3n) is 5.85. The number of quaternary nitrogens is 2. The van der Waals surface area contributed by atoms with E-state index in [1.807, 2.05) is 0 Å². The number of alkyl halides is 2. The molecule has 274 valence electrons. The largest absolute Gasteiger partial charge is 0.863 e. The molecule has 0 aliphatic heterocycles. The van der Waals surface area contributed by atoms with E-state index < -0.39 is 75.2 Å². The van der Waals surface area contributed by atoms with Crippen molar-refractivity contribution in [2.45, 2.75) is 0 Å². The zero-order chi connectivity index (χ0) is 38.9. The highest BCUT2D eigenvalue weighted by atomic mass is 35.5. The van der Waals surface area contributed by atoms with E-state index in [9.17, 15) is 80.5 Å². The minimum Gasteiger partial charge on any atom is -0.863 e. The second-order valence-corrected chi connectivity index (χ2v) is 10.1. The van der Waals surface area contributed by atoms with Crippen molar-refractivity contribution in [3.8, 4) is 11.5 Å². The zero-order valence-electron chi connectivity index (χ0n) is 25.1. The third-order valence-corrected chi connectivity index (χ3v) is 6.23. The lowest BCUT2D eigenvalue weighted by Gasteiger charge is -2.21. The van der Waals surface area contributed by atoms with E-state index in [4.69, 9.17) is 34.7 Å². The number of nitrogens with one attached hydrogen (secondary N) is 2. The first-order chi connectivity index (χ1) is 23.2. The van der Waals surface area contributed by atoms with Crippen molar-refractivity contribution in [2.24, 2.45) is 11.5 Å². The number of carbonyl (C=O) groups is 2. The van der Waals surface area contributed by atoms with Gasteiger partial charge in [-0.25, -0.2) is 0 Å². The maximum atomic E-state index is 11.1. The normalized spacial score (nSPS) is 11.3. The van der Waals surface area contributed by atoms with Gasteiger partial charge in [0.25, 0.3) is 45.9 Å². The second-order valence-electron chi connectivity index (χ2n) is 9.33. The summed E-state index contributed by atoms with van der Waals surface area (Å²) in [7, 11) is 0. The summed E-state index contributed by atoms with van der Waals surface area (Å²) >= 11 is 11.3. The molecule has 50 heavy (non-hydrogen) atoms. The van der Waals surface area contributed by atoms with Crippen molar-refractivity contribution >= 4 is 69.1 Å². The summed E-state index contributed by atoms with van der Waals surface area (Å²) in [5.74, 6) is -2.71. The van der Waals surface area contributed by atoms with Crippen molar-refractivity contribution in [1.29, 1.82) is 0 Å². The average Bonchev–Trinajstić information content (AvgIpc) is 2.99. The number of nitrogens with zero attached hydrogens (tertiary/aromatic N) is 6. The molecule has 0 aliphatic carbocycles. The van der Waals surface area contributed by atoms with Gasteiger partial charge in [0, 0.05) is 0 Å². The molecule has 0 aliphatic rings. The van der Waals surface area contributed by atoms with Crippen molar-refractivity contribution in [1.82, 2.24) is 0 Å². The Morgan fingerprint density at radius 3 is 0.920 bits per heavy atom. The number of non-ortho nitro benzene ring substituents is 2. The number of nitro benzene ring substituents is 6. The highest BCUT2D eigenvalue weighted by Crippen LogP contribution is 2.37. The van der Waals surface area contributed by atoms with Crippen LogP contribution in [0.15, 0.2) is 24.3 Å². The van der Waals surface area contributed by atoms with E-state index >= 15 is 0 Å². The molecule has 0 saturated heterocycles. The van der Waals surface area contributed by atoms with Crippen LogP contribution in [0.2, 0.25) is 0 Å². The van der Waals surface area contributed by atoms with Gasteiger partial charge in [0.2, 0.25) is 0 Å². The van der Waals surface area contributed by atoms with Gasteiger partial charge in [-0.05, 0) is 0 Å². The summed E-state index contributed by atoms with van der Waals surface area (Å²) < 4.78 is 0. The van der Waals surface area contributed by atoms with Gasteiger partial charge >= 0.3 is 0 Å². The van der Waals surface area contributed by atoms with Crippen LogP contribution >= 0.6 is 23.2 Å². The maximum Gasteiger partial charge on any atom is 0.283 e. The van der Waals surface area contributed by atoms with Crippen LogP contribution in [0.1, 0.15) is 0 Å². The van der Waals surface area contributed by atoms with Gasteiger partial charge in [-0.1, -0.05) is 0 Å². The average molecular weight is 757 g/mol. The molecule has 2 unspecified atom stereocenters. The molecular weight excluding hydrogens is 731 g/mol. The summed E-state index contributed by atoms with van der Waals surface area (Å²) in [6.07, 6.45) is 0. The minimum absolute atomic E-state index is 0.247. The Hall–Kier alpha value is -6.12. The molecule has 0 saturated carbocycles. The first-order valence-corrected chi connectivity index (χ1v) is 14.2. The van der Waals surface area contributed by atoms with Crippen molar-refractivity contribution in [3.05, 3.63) is 85.0 Å². The van der Waals surface area contributed by atoms with E-state index in [0.717, 1.165) is 9.80 Å². The number of hydrogen-bond donors (Lipinski definition) is 4. The topological polar surface area (TPSA) is 400 Å². The van der Waals surface area contributed by atoms with Crippen LogP contribution in [-0.4, -0.2) is 92.4 Å².